The van der Waals surface area contributed by atoms with Crippen LogP contribution in [0.25, 0.3) is 5.57 Å². The van der Waals surface area contributed by atoms with Crippen molar-refractivity contribution in [1.82, 2.24) is 4.90 Å². The van der Waals surface area contributed by atoms with Crippen molar-refractivity contribution in [2.45, 2.75) is 6.42 Å². The quantitative estimate of drug-likeness (QED) is 0.760. The molecule has 0 aromatic heterocycles. The van der Waals surface area contributed by atoms with Gasteiger partial charge in [-0.3, -0.25) is 0 Å². The summed E-state index contributed by atoms with van der Waals surface area (Å²) >= 11 is 0. The number of phenols is 1. The summed E-state index contributed by atoms with van der Waals surface area (Å²) in [5.74, 6) is 0.218. The maximum Gasteiger partial charge on any atom is 0.407 e. The van der Waals surface area contributed by atoms with E-state index in [1.807, 2.05) is 6.08 Å². The Morgan fingerprint density at radius 2 is 1.94 bits per heavy atom. The zero-order valence-corrected chi connectivity index (χ0v) is 8.76. The van der Waals surface area contributed by atoms with Crippen molar-refractivity contribution >= 4 is 11.7 Å². The number of nitrogens with zero attached hydrogens (tertiary/aromatic N) is 1. The van der Waals surface area contributed by atoms with Crippen molar-refractivity contribution in [3.63, 3.8) is 0 Å². The Balaban J connectivity index is 2.18. The highest BCUT2D eigenvalue weighted by Gasteiger charge is 2.17. The molecule has 1 aromatic carbocycles. The maximum absolute atomic E-state index is 10.8. The average Bonchev–Trinajstić information content (AvgIpc) is 2.30. The molecular weight excluding hydrogens is 206 g/mol. The molecule has 0 spiro atoms. The lowest BCUT2D eigenvalue weighted by atomic mass is 10.0. The number of carboxylic acid groups (broad SMARTS) is 1. The normalized spacial score (nSPS) is 15.8. The highest BCUT2D eigenvalue weighted by molar-refractivity contribution is 5.74. The predicted octanol–water partition coefficient (Wildman–Crippen LogP) is 2.16. The van der Waals surface area contributed by atoms with Gasteiger partial charge in [-0.2, -0.15) is 0 Å². The topological polar surface area (TPSA) is 60.8 Å². The molecule has 84 valence electrons. The van der Waals surface area contributed by atoms with Crippen LogP contribution in [0.3, 0.4) is 0 Å². The van der Waals surface area contributed by atoms with Crippen LogP contribution in [-0.4, -0.2) is 34.3 Å². The minimum atomic E-state index is -0.885. The zero-order valence-electron chi connectivity index (χ0n) is 8.76. The second kappa shape index (κ2) is 4.26. The lowest BCUT2D eigenvalue weighted by Crippen LogP contribution is -2.34. The van der Waals surface area contributed by atoms with E-state index in [1.165, 1.54) is 4.90 Å². The van der Waals surface area contributed by atoms with Crippen LogP contribution in [0, 0.1) is 0 Å². The first-order chi connectivity index (χ1) is 7.66. The number of amides is 1. The SMILES string of the molecule is O=C(O)N1CCC=C(c2ccc(O)cc2)C1. The van der Waals surface area contributed by atoms with Crippen molar-refractivity contribution in [1.29, 1.82) is 0 Å². The highest BCUT2D eigenvalue weighted by Crippen LogP contribution is 2.22. The van der Waals surface area contributed by atoms with Gasteiger partial charge in [0, 0.05) is 13.1 Å². The van der Waals surface area contributed by atoms with Crippen LogP contribution in [0.2, 0.25) is 0 Å². The Bertz CT molecular complexity index is 422. The first-order valence-electron chi connectivity index (χ1n) is 5.13. The summed E-state index contributed by atoms with van der Waals surface area (Å²) in [7, 11) is 0. The third-order valence-electron chi connectivity index (χ3n) is 2.66. The largest absolute Gasteiger partial charge is 0.508 e. The van der Waals surface area contributed by atoms with Gasteiger partial charge in [0.2, 0.25) is 0 Å². The number of benzene rings is 1. The summed E-state index contributed by atoms with van der Waals surface area (Å²) in [5.41, 5.74) is 1.96. The van der Waals surface area contributed by atoms with Gasteiger partial charge in [-0.25, -0.2) is 4.79 Å². The molecule has 2 N–H and O–H groups in total. The first-order valence-corrected chi connectivity index (χ1v) is 5.13. The summed E-state index contributed by atoms with van der Waals surface area (Å²) in [5, 5.41) is 18.1. The smallest absolute Gasteiger partial charge is 0.407 e. The molecule has 1 heterocycles. The van der Waals surface area contributed by atoms with Crippen molar-refractivity contribution in [2.24, 2.45) is 0 Å². The summed E-state index contributed by atoms with van der Waals surface area (Å²) in [6, 6.07) is 6.81. The minimum absolute atomic E-state index is 0.218. The maximum atomic E-state index is 10.8. The van der Waals surface area contributed by atoms with Gasteiger partial charge in [0.25, 0.3) is 0 Å². The van der Waals surface area contributed by atoms with Crippen molar-refractivity contribution in [2.75, 3.05) is 13.1 Å². The van der Waals surface area contributed by atoms with E-state index in [4.69, 9.17) is 5.11 Å². The number of hydrogen-bond donors (Lipinski definition) is 2. The third kappa shape index (κ3) is 2.16. The fraction of sp³-hybridized carbons (Fsp3) is 0.250. The Kier molecular flexibility index (Phi) is 2.81. The highest BCUT2D eigenvalue weighted by atomic mass is 16.4. The van der Waals surface area contributed by atoms with E-state index in [9.17, 15) is 9.90 Å². The third-order valence-corrected chi connectivity index (χ3v) is 2.66. The fourth-order valence-electron chi connectivity index (χ4n) is 1.79. The monoisotopic (exact) mass is 219 g/mol. The summed E-state index contributed by atoms with van der Waals surface area (Å²) < 4.78 is 0. The lowest BCUT2D eigenvalue weighted by Gasteiger charge is -2.24. The molecule has 0 radical (unpaired) electrons. The van der Waals surface area contributed by atoms with E-state index in [0.29, 0.717) is 13.1 Å². The van der Waals surface area contributed by atoms with Gasteiger partial charge in [-0.05, 0) is 29.7 Å². The van der Waals surface area contributed by atoms with Crippen molar-refractivity contribution < 1.29 is 15.0 Å². The Hall–Kier alpha value is -1.97. The van der Waals surface area contributed by atoms with E-state index in [0.717, 1.165) is 17.6 Å². The van der Waals surface area contributed by atoms with E-state index < -0.39 is 6.09 Å². The molecule has 0 unspecified atom stereocenters. The van der Waals surface area contributed by atoms with Gasteiger partial charge in [0.05, 0.1) is 0 Å². The van der Waals surface area contributed by atoms with E-state index in [-0.39, 0.29) is 5.75 Å². The van der Waals surface area contributed by atoms with E-state index >= 15 is 0 Å². The van der Waals surface area contributed by atoms with Crippen LogP contribution in [0.5, 0.6) is 5.75 Å². The van der Waals surface area contributed by atoms with Gasteiger partial charge in [0.1, 0.15) is 5.75 Å². The molecule has 1 amide bonds. The van der Waals surface area contributed by atoms with Gasteiger partial charge in [-0.1, -0.05) is 18.2 Å². The Morgan fingerprint density at radius 1 is 1.25 bits per heavy atom. The molecule has 0 saturated heterocycles. The van der Waals surface area contributed by atoms with Gasteiger partial charge in [0.15, 0.2) is 0 Å². The standard InChI is InChI=1S/C12H13NO3/c14-11-5-3-9(4-6-11)10-2-1-7-13(8-10)12(15)16/h2-6,14H,1,7-8H2,(H,15,16). The minimum Gasteiger partial charge on any atom is -0.508 e. The fourth-order valence-corrected chi connectivity index (χ4v) is 1.79. The number of phenolic OH excluding ortho intramolecular Hbond substituents is 1. The molecular formula is C12H13NO3. The van der Waals surface area contributed by atoms with Crippen molar-refractivity contribution in [3.05, 3.63) is 35.9 Å². The lowest BCUT2D eigenvalue weighted by molar-refractivity contribution is 0.150. The number of rotatable bonds is 1. The molecule has 2 rings (SSSR count). The van der Waals surface area contributed by atoms with Crippen LogP contribution in [0.15, 0.2) is 30.3 Å². The molecule has 1 aliphatic heterocycles. The molecule has 16 heavy (non-hydrogen) atoms. The molecule has 0 aliphatic carbocycles. The zero-order chi connectivity index (χ0) is 11.5. The van der Waals surface area contributed by atoms with E-state index in [2.05, 4.69) is 0 Å². The number of aromatic hydroxyl groups is 1. The summed E-state index contributed by atoms with van der Waals surface area (Å²) in [6.07, 6.45) is 1.90. The first kappa shape index (κ1) is 10.5. The molecule has 0 atom stereocenters. The van der Waals surface area contributed by atoms with Crippen LogP contribution in [0.1, 0.15) is 12.0 Å². The van der Waals surface area contributed by atoms with Crippen LogP contribution in [-0.2, 0) is 0 Å². The molecule has 0 bridgehead atoms. The Morgan fingerprint density at radius 3 is 2.56 bits per heavy atom. The average molecular weight is 219 g/mol. The van der Waals surface area contributed by atoms with Gasteiger partial charge < -0.3 is 15.1 Å². The molecule has 0 fully saturated rings. The predicted molar refractivity (Wildman–Crippen MR) is 60.3 cm³/mol. The van der Waals surface area contributed by atoms with Gasteiger partial charge >= 0.3 is 6.09 Å². The van der Waals surface area contributed by atoms with Crippen LogP contribution >= 0.6 is 0 Å². The summed E-state index contributed by atoms with van der Waals surface area (Å²) in [6.45, 7) is 0.969. The number of carbonyl (C=O) groups is 1. The molecule has 1 aliphatic rings. The van der Waals surface area contributed by atoms with Crippen molar-refractivity contribution in [3.8, 4) is 5.75 Å². The molecule has 0 saturated carbocycles. The van der Waals surface area contributed by atoms with E-state index in [1.54, 1.807) is 24.3 Å². The second-order valence-corrected chi connectivity index (χ2v) is 3.77. The van der Waals surface area contributed by atoms with Crippen LogP contribution in [0.4, 0.5) is 4.79 Å². The van der Waals surface area contributed by atoms with Gasteiger partial charge in [-0.15, -0.1) is 0 Å². The second-order valence-electron chi connectivity index (χ2n) is 3.77. The molecule has 4 nitrogen and oxygen atoms in total. The number of hydrogen-bond acceptors (Lipinski definition) is 2. The molecule has 4 heteroatoms. The Labute approximate surface area is 93.4 Å². The molecule has 1 aromatic rings. The summed E-state index contributed by atoms with van der Waals surface area (Å²) in [4.78, 5) is 12.2. The van der Waals surface area contributed by atoms with Crippen LogP contribution < -0.4 is 0 Å².